The Balaban J connectivity index is 2.71. The van der Waals surface area contributed by atoms with Crippen LogP contribution in [0.15, 0.2) is 29.4 Å². The van der Waals surface area contributed by atoms with E-state index in [1.165, 1.54) is 0 Å². The van der Waals surface area contributed by atoms with E-state index in [4.69, 9.17) is 16.0 Å². The maximum absolute atomic E-state index is 8.83. The standard InChI is InChI=1S/C12H18N2O2S/c1-9(6-7-15)17-8-10-4-2-3-5-11(10)12(13)14-16/h2-5,9,15-16H,6-8H2,1H3,(H2,13,14). The molecule has 17 heavy (non-hydrogen) atoms. The number of amidine groups is 1. The fourth-order valence-corrected chi connectivity index (χ4v) is 2.43. The monoisotopic (exact) mass is 254 g/mol. The minimum absolute atomic E-state index is 0.135. The van der Waals surface area contributed by atoms with E-state index in [0.29, 0.717) is 5.25 Å². The van der Waals surface area contributed by atoms with Gasteiger partial charge >= 0.3 is 0 Å². The molecular formula is C12H18N2O2S. The molecule has 0 aliphatic carbocycles. The average molecular weight is 254 g/mol. The fraction of sp³-hybridized carbons (Fsp3) is 0.417. The molecule has 1 unspecified atom stereocenters. The van der Waals surface area contributed by atoms with Crippen LogP contribution in [0.3, 0.4) is 0 Å². The van der Waals surface area contributed by atoms with Crippen molar-refractivity contribution in [1.82, 2.24) is 0 Å². The summed E-state index contributed by atoms with van der Waals surface area (Å²) in [5.74, 6) is 0.920. The quantitative estimate of drug-likeness (QED) is 0.313. The lowest BCUT2D eigenvalue weighted by atomic mass is 10.1. The number of nitrogens with zero attached hydrogens (tertiary/aromatic N) is 1. The van der Waals surface area contributed by atoms with E-state index >= 15 is 0 Å². The van der Waals surface area contributed by atoms with Crippen molar-refractivity contribution in [2.45, 2.75) is 24.3 Å². The molecule has 0 aromatic heterocycles. The Labute approximate surface area is 106 Å². The number of hydrogen-bond acceptors (Lipinski definition) is 4. The summed E-state index contributed by atoms with van der Waals surface area (Å²) in [6.07, 6.45) is 0.774. The van der Waals surface area contributed by atoms with Gasteiger partial charge in [-0.15, -0.1) is 0 Å². The Morgan fingerprint density at radius 3 is 2.82 bits per heavy atom. The van der Waals surface area contributed by atoms with Crippen LogP contribution in [0.5, 0.6) is 0 Å². The summed E-state index contributed by atoms with van der Waals surface area (Å²) in [7, 11) is 0. The largest absolute Gasteiger partial charge is 0.409 e. The first-order valence-electron chi connectivity index (χ1n) is 5.47. The van der Waals surface area contributed by atoms with E-state index in [0.717, 1.165) is 23.3 Å². The van der Waals surface area contributed by atoms with Crippen molar-refractivity contribution >= 4 is 17.6 Å². The van der Waals surface area contributed by atoms with E-state index in [2.05, 4.69) is 12.1 Å². The molecule has 1 aromatic rings. The van der Waals surface area contributed by atoms with Gasteiger partial charge in [-0.3, -0.25) is 0 Å². The number of oxime groups is 1. The van der Waals surface area contributed by atoms with Gasteiger partial charge in [0.1, 0.15) is 0 Å². The molecule has 94 valence electrons. The van der Waals surface area contributed by atoms with Gasteiger partial charge in [-0.2, -0.15) is 11.8 Å². The van der Waals surface area contributed by atoms with Crippen LogP contribution < -0.4 is 5.73 Å². The van der Waals surface area contributed by atoms with Gasteiger partial charge in [0, 0.05) is 23.2 Å². The van der Waals surface area contributed by atoms with Crippen LogP contribution in [-0.2, 0) is 5.75 Å². The summed E-state index contributed by atoms with van der Waals surface area (Å²) >= 11 is 1.74. The van der Waals surface area contributed by atoms with Gasteiger partial charge in [0.2, 0.25) is 0 Å². The number of hydrogen-bond donors (Lipinski definition) is 3. The summed E-state index contributed by atoms with van der Waals surface area (Å²) in [5, 5.41) is 20.9. The molecule has 0 fully saturated rings. The predicted octanol–water partition coefficient (Wildman–Crippen LogP) is 1.79. The lowest BCUT2D eigenvalue weighted by Crippen LogP contribution is -2.15. The minimum atomic E-state index is 0.135. The molecule has 0 heterocycles. The highest BCUT2D eigenvalue weighted by atomic mass is 32.2. The molecule has 1 atom stereocenters. The molecule has 0 saturated carbocycles. The van der Waals surface area contributed by atoms with Crippen molar-refractivity contribution in [3.05, 3.63) is 35.4 Å². The fourth-order valence-electron chi connectivity index (χ4n) is 1.45. The maximum atomic E-state index is 8.83. The molecule has 0 bridgehead atoms. The number of thioether (sulfide) groups is 1. The van der Waals surface area contributed by atoms with Crippen LogP contribution in [0.2, 0.25) is 0 Å². The molecule has 0 aliphatic heterocycles. The van der Waals surface area contributed by atoms with Crippen LogP contribution in [0.1, 0.15) is 24.5 Å². The number of rotatable bonds is 6. The van der Waals surface area contributed by atoms with E-state index in [-0.39, 0.29) is 12.4 Å². The van der Waals surface area contributed by atoms with Gasteiger partial charge in [-0.25, -0.2) is 0 Å². The highest BCUT2D eigenvalue weighted by Crippen LogP contribution is 2.22. The van der Waals surface area contributed by atoms with E-state index in [9.17, 15) is 0 Å². The van der Waals surface area contributed by atoms with Crippen molar-refractivity contribution in [2.75, 3.05) is 6.61 Å². The first kappa shape index (κ1) is 13.9. The Morgan fingerprint density at radius 2 is 2.18 bits per heavy atom. The Bertz CT molecular complexity index is 383. The van der Waals surface area contributed by atoms with Crippen molar-refractivity contribution in [1.29, 1.82) is 0 Å². The second-order valence-electron chi connectivity index (χ2n) is 3.78. The zero-order chi connectivity index (χ0) is 12.7. The van der Waals surface area contributed by atoms with Gasteiger partial charge in [0.25, 0.3) is 0 Å². The molecule has 4 nitrogen and oxygen atoms in total. The summed E-state index contributed by atoms with van der Waals surface area (Å²) in [6.45, 7) is 2.28. The third-order valence-electron chi connectivity index (χ3n) is 2.46. The second-order valence-corrected chi connectivity index (χ2v) is 5.20. The molecule has 0 radical (unpaired) electrons. The molecule has 0 amide bonds. The van der Waals surface area contributed by atoms with Gasteiger partial charge in [0.15, 0.2) is 5.84 Å². The molecule has 0 aliphatic rings. The van der Waals surface area contributed by atoms with Crippen molar-refractivity contribution in [2.24, 2.45) is 10.9 Å². The highest BCUT2D eigenvalue weighted by molar-refractivity contribution is 7.99. The molecule has 0 saturated heterocycles. The van der Waals surface area contributed by atoms with Gasteiger partial charge in [-0.05, 0) is 12.0 Å². The molecule has 0 spiro atoms. The molecule has 4 N–H and O–H groups in total. The maximum Gasteiger partial charge on any atom is 0.170 e. The van der Waals surface area contributed by atoms with Gasteiger partial charge in [-0.1, -0.05) is 36.3 Å². The summed E-state index contributed by atoms with van der Waals surface area (Å²) in [4.78, 5) is 0. The van der Waals surface area contributed by atoms with E-state index < -0.39 is 0 Å². The predicted molar refractivity (Wildman–Crippen MR) is 71.4 cm³/mol. The zero-order valence-corrected chi connectivity index (χ0v) is 10.7. The molecule has 5 heteroatoms. The highest BCUT2D eigenvalue weighted by Gasteiger charge is 2.08. The summed E-state index contributed by atoms with van der Waals surface area (Å²) < 4.78 is 0. The smallest absolute Gasteiger partial charge is 0.170 e. The summed E-state index contributed by atoms with van der Waals surface area (Å²) in [6, 6.07) is 7.59. The van der Waals surface area contributed by atoms with Crippen LogP contribution in [0, 0.1) is 0 Å². The van der Waals surface area contributed by atoms with Crippen LogP contribution in [-0.4, -0.2) is 28.0 Å². The van der Waals surface area contributed by atoms with Crippen molar-refractivity contribution in [3.8, 4) is 0 Å². The lowest BCUT2D eigenvalue weighted by Gasteiger charge is -2.11. The van der Waals surface area contributed by atoms with Crippen molar-refractivity contribution in [3.63, 3.8) is 0 Å². The molecule has 1 rings (SSSR count). The first-order chi connectivity index (χ1) is 8.19. The topological polar surface area (TPSA) is 78.8 Å². The number of aliphatic hydroxyl groups is 1. The van der Waals surface area contributed by atoms with Crippen molar-refractivity contribution < 1.29 is 10.3 Å². The van der Waals surface area contributed by atoms with Crippen LogP contribution >= 0.6 is 11.8 Å². The normalized spacial score (nSPS) is 13.6. The van der Waals surface area contributed by atoms with Crippen LogP contribution in [0.4, 0.5) is 0 Å². The SMILES string of the molecule is CC(CCO)SCc1ccccc1C(N)=NO. The molecular weight excluding hydrogens is 236 g/mol. The Kier molecular flexibility index (Phi) is 5.86. The zero-order valence-electron chi connectivity index (χ0n) is 9.84. The average Bonchev–Trinajstić information content (AvgIpc) is 2.36. The van der Waals surface area contributed by atoms with Gasteiger partial charge in [0.05, 0.1) is 0 Å². The number of benzene rings is 1. The first-order valence-corrected chi connectivity index (χ1v) is 6.52. The van der Waals surface area contributed by atoms with E-state index in [1.807, 2.05) is 24.3 Å². The minimum Gasteiger partial charge on any atom is -0.409 e. The Morgan fingerprint density at radius 1 is 1.47 bits per heavy atom. The Hall–Kier alpha value is -1.20. The lowest BCUT2D eigenvalue weighted by molar-refractivity contribution is 0.289. The third kappa shape index (κ3) is 4.28. The van der Waals surface area contributed by atoms with E-state index in [1.54, 1.807) is 11.8 Å². The summed E-state index contributed by atoms with van der Waals surface area (Å²) in [5.41, 5.74) is 7.41. The van der Waals surface area contributed by atoms with Crippen LogP contribution in [0.25, 0.3) is 0 Å². The number of nitrogens with two attached hydrogens (primary N) is 1. The number of aliphatic hydroxyl groups excluding tert-OH is 1. The second kappa shape index (κ2) is 7.19. The third-order valence-corrected chi connectivity index (χ3v) is 3.74. The van der Waals surface area contributed by atoms with Gasteiger partial charge < -0.3 is 16.0 Å². The molecule has 1 aromatic carbocycles.